The first kappa shape index (κ1) is 10.9. The number of ether oxygens (including phenoxy) is 2. The smallest absolute Gasteiger partial charge is 0.0547 e. The van der Waals surface area contributed by atoms with Crippen LogP contribution in [0.25, 0.3) is 0 Å². The zero-order valence-corrected chi connectivity index (χ0v) is 7.93. The minimum absolute atomic E-state index is 0.546. The highest BCUT2D eigenvalue weighted by molar-refractivity contribution is 4.56. The maximum atomic E-state index is 5.15. The topological polar surface area (TPSA) is 18.5 Å². The van der Waals surface area contributed by atoms with Gasteiger partial charge in [0.15, 0.2) is 0 Å². The van der Waals surface area contributed by atoms with Crippen molar-refractivity contribution in [3.05, 3.63) is 0 Å². The number of rotatable bonds is 2. The quantitative estimate of drug-likeness (QED) is 0.616. The molecule has 0 aromatic rings. The van der Waals surface area contributed by atoms with Gasteiger partial charge in [-0.25, -0.2) is 0 Å². The van der Waals surface area contributed by atoms with E-state index in [2.05, 4.69) is 6.92 Å². The lowest BCUT2D eigenvalue weighted by atomic mass is 10.3. The summed E-state index contributed by atoms with van der Waals surface area (Å²) in [5.74, 6) is 0. The van der Waals surface area contributed by atoms with E-state index >= 15 is 0 Å². The van der Waals surface area contributed by atoms with Crippen LogP contribution < -0.4 is 0 Å². The lowest BCUT2D eigenvalue weighted by Gasteiger charge is -1.94. The van der Waals surface area contributed by atoms with Gasteiger partial charge >= 0.3 is 0 Å². The van der Waals surface area contributed by atoms with Gasteiger partial charge in [-0.15, -0.1) is 0 Å². The minimum atomic E-state index is 0.546. The summed E-state index contributed by atoms with van der Waals surface area (Å²) < 4.78 is 9.99. The molecule has 0 aromatic carbocycles. The molecule has 1 rings (SSSR count). The van der Waals surface area contributed by atoms with Crippen molar-refractivity contribution in [1.29, 1.82) is 0 Å². The predicted molar refractivity (Wildman–Crippen MR) is 46.8 cm³/mol. The van der Waals surface area contributed by atoms with E-state index in [9.17, 15) is 0 Å². The third-order valence-electron chi connectivity index (χ3n) is 1.57. The van der Waals surface area contributed by atoms with Gasteiger partial charge in [-0.2, -0.15) is 0 Å². The van der Waals surface area contributed by atoms with E-state index in [-0.39, 0.29) is 0 Å². The fourth-order valence-electron chi connectivity index (χ4n) is 0.943. The number of hydrogen-bond acceptors (Lipinski definition) is 2. The average Bonchev–Trinajstić information content (AvgIpc) is 2.43. The molecule has 1 atom stereocenters. The Kier molecular flexibility index (Phi) is 7.96. The summed E-state index contributed by atoms with van der Waals surface area (Å²) in [7, 11) is 0. The normalized spacial score (nSPS) is 22.6. The fourth-order valence-corrected chi connectivity index (χ4v) is 0.943. The second-order valence-electron chi connectivity index (χ2n) is 2.61. The molecule has 0 bridgehead atoms. The molecule has 1 aliphatic rings. The zero-order chi connectivity index (χ0) is 8.53. The summed E-state index contributed by atoms with van der Waals surface area (Å²) in [6, 6.07) is 0. The van der Waals surface area contributed by atoms with Crippen LogP contribution in [0.1, 0.15) is 33.6 Å². The summed E-state index contributed by atoms with van der Waals surface area (Å²) in [6.07, 6.45) is 3.08. The van der Waals surface area contributed by atoms with Crippen LogP contribution in [0, 0.1) is 0 Å². The molecule has 0 aliphatic carbocycles. The van der Waals surface area contributed by atoms with Gasteiger partial charge in [-0.1, -0.05) is 0 Å². The molecular weight excluding hydrogens is 140 g/mol. The van der Waals surface area contributed by atoms with Crippen molar-refractivity contribution < 1.29 is 9.47 Å². The summed E-state index contributed by atoms with van der Waals surface area (Å²) in [5, 5.41) is 0. The number of hydrogen-bond donors (Lipinski definition) is 0. The maximum Gasteiger partial charge on any atom is 0.0547 e. The molecule has 1 aliphatic heterocycles. The van der Waals surface area contributed by atoms with Gasteiger partial charge in [0.05, 0.1) is 6.10 Å². The molecule has 68 valence electrons. The zero-order valence-electron chi connectivity index (χ0n) is 7.93. The molecule has 2 nitrogen and oxygen atoms in total. The van der Waals surface area contributed by atoms with Gasteiger partial charge in [-0.05, 0) is 33.6 Å². The molecule has 1 fully saturated rings. The molecule has 0 radical (unpaired) electrons. The van der Waals surface area contributed by atoms with Gasteiger partial charge in [0, 0.05) is 19.8 Å². The highest BCUT2D eigenvalue weighted by Crippen LogP contribution is 2.09. The van der Waals surface area contributed by atoms with Crippen molar-refractivity contribution in [2.75, 3.05) is 19.8 Å². The Balaban J connectivity index is 0.000000187. The lowest BCUT2D eigenvalue weighted by Crippen LogP contribution is -1.94. The molecule has 1 heterocycles. The Labute approximate surface area is 69.9 Å². The van der Waals surface area contributed by atoms with Crippen LogP contribution in [0.15, 0.2) is 0 Å². The van der Waals surface area contributed by atoms with Gasteiger partial charge in [0.25, 0.3) is 0 Å². The third kappa shape index (κ3) is 7.82. The van der Waals surface area contributed by atoms with Gasteiger partial charge in [0.2, 0.25) is 0 Å². The van der Waals surface area contributed by atoms with Crippen molar-refractivity contribution >= 4 is 0 Å². The van der Waals surface area contributed by atoms with Gasteiger partial charge in [0.1, 0.15) is 0 Å². The Morgan fingerprint density at radius 2 is 2.00 bits per heavy atom. The molecule has 0 N–H and O–H groups in total. The second-order valence-corrected chi connectivity index (χ2v) is 2.61. The summed E-state index contributed by atoms with van der Waals surface area (Å²) in [5.41, 5.74) is 0. The fraction of sp³-hybridized carbons (Fsp3) is 1.00. The summed E-state index contributed by atoms with van der Waals surface area (Å²) >= 11 is 0. The predicted octanol–water partition coefficient (Wildman–Crippen LogP) is 2.23. The molecule has 11 heavy (non-hydrogen) atoms. The maximum absolute atomic E-state index is 5.15. The van der Waals surface area contributed by atoms with E-state index in [1.54, 1.807) is 0 Å². The van der Waals surface area contributed by atoms with E-state index < -0.39 is 0 Å². The first-order valence-corrected chi connectivity index (χ1v) is 4.50. The van der Waals surface area contributed by atoms with E-state index in [0.717, 1.165) is 19.8 Å². The first-order valence-electron chi connectivity index (χ1n) is 4.50. The molecule has 0 amide bonds. The molecule has 0 spiro atoms. The Morgan fingerprint density at radius 3 is 2.09 bits per heavy atom. The molecule has 0 saturated carbocycles. The second kappa shape index (κ2) is 8.02. The summed E-state index contributed by atoms with van der Waals surface area (Å²) in [6.45, 7) is 8.77. The molecule has 1 saturated heterocycles. The van der Waals surface area contributed by atoms with E-state index in [1.165, 1.54) is 12.8 Å². The Bertz CT molecular complexity index is 66.0. The van der Waals surface area contributed by atoms with Crippen LogP contribution in [0.2, 0.25) is 0 Å². The molecule has 1 unspecified atom stereocenters. The largest absolute Gasteiger partial charge is 0.382 e. The molecule has 2 heteroatoms. The van der Waals surface area contributed by atoms with E-state index in [4.69, 9.17) is 9.47 Å². The Morgan fingerprint density at radius 1 is 1.36 bits per heavy atom. The lowest BCUT2D eigenvalue weighted by molar-refractivity contribution is 0.125. The van der Waals surface area contributed by atoms with E-state index in [1.807, 2.05) is 13.8 Å². The highest BCUT2D eigenvalue weighted by atomic mass is 16.5. The van der Waals surface area contributed by atoms with Crippen LogP contribution in [-0.4, -0.2) is 25.9 Å². The average molecular weight is 160 g/mol. The van der Waals surface area contributed by atoms with Crippen molar-refractivity contribution in [2.45, 2.75) is 39.7 Å². The highest BCUT2D eigenvalue weighted by Gasteiger charge is 2.07. The van der Waals surface area contributed by atoms with Crippen molar-refractivity contribution in [3.63, 3.8) is 0 Å². The summed E-state index contributed by atoms with van der Waals surface area (Å²) in [4.78, 5) is 0. The van der Waals surface area contributed by atoms with E-state index in [0.29, 0.717) is 6.10 Å². The third-order valence-corrected chi connectivity index (χ3v) is 1.57. The van der Waals surface area contributed by atoms with Crippen molar-refractivity contribution in [2.24, 2.45) is 0 Å². The SMILES string of the molecule is CC1CCCO1.CCOCC. The standard InChI is InChI=1S/C5H10O.C4H10O/c1-5-3-2-4-6-5;1-3-5-4-2/h5H,2-4H2,1H3;3-4H2,1-2H3. The Hall–Kier alpha value is -0.0800. The van der Waals surface area contributed by atoms with Crippen molar-refractivity contribution in [1.82, 2.24) is 0 Å². The van der Waals surface area contributed by atoms with Crippen LogP contribution >= 0.6 is 0 Å². The van der Waals surface area contributed by atoms with Gasteiger partial charge < -0.3 is 9.47 Å². The van der Waals surface area contributed by atoms with Crippen LogP contribution in [0.4, 0.5) is 0 Å². The molecular formula is C9H20O2. The monoisotopic (exact) mass is 160 g/mol. The minimum Gasteiger partial charge on any atom is -0.382 e. The van der Waals surface area contributed by atoms with Crippen molar-refractivity contribution in [3.8, 4) is 0 Å². The molecule has 0 aromatic heterocycles. The van der Waals surface area contributed by atoms with Crippen LogP contribution in [0.3, 0.4) is 0 Å². The van der Waals surface area contributed by atoms with Crippen LogP contribution in [-0.2, 0) is 9.47 Å². The van der Waals surface area contributed by atoms with Gasteiger partial charge in [-0.3, -0.25) is 0 Å². The first-order chi connectivity index (χ1) is 5.31. The van der Waals surface area contributed by atoms with Crippen LogP contribution in [0.5, 0.6) is 0 Å².